The molecule has 2 aromatic rings. The fourth-order valence-corrected chi connectivity index (χ4v) is 4.15. The van der Waals surface area contributed by atoms with E-state index in [1.807, 2.05) is 30.3 Å². The molecule has 1 atom stereocenters. The summed E-state index contributed by atoms with van der Waals surface area (Å²) in [5.41, 5.74) is 3.26. The van der Waals surface area contributed by atoms with Crippen LogP contribution >= 0.6 is 0 Å². The number of methoxy groups -OCH3 is 4. The first-order valence-corrected chi connectivity index (χ1v) is 11.5. The molecule has 0 aromatic heterocycles. The molecule has 0 amide bonds. The van der Waals surface area contributed by atoms with Gasteiger partial charge in [0, 0.05) is 30.2 Å². The maximum Gasteiger partial charge on any atom is 0.127 e. The van der Waals surface area contributed by atoms with Gasteiger partial charge in [-0.05, 0) is 68.1 Å². The van der Waals surface area contributed by atoms with E-state index in [1.54, 1.807) is 28.4 Å². The molecule has 1 unspecified atom stereocenters. The first-order valence-electron chi connectivity index (χ1n) is 11.5. The molecule has 33 heavy (non-hydrogen) atoms. The van der Waals surface area contributed by atoms with Crippen molar-refractivity contribution in [1.82, 2.24) is 4.90 Å². The van der Waals surface area contributed by atoms with Crippen molar-refractivity contribution in [2.75, 3.05) is 48.6 Å². The molecule has 0 saturated carbocycles. The zero-order valence-electron chi connectivity index (χ0n) is 21.1. The van der Waals surface area contributed by atoms with Gasteiger partial charge in [-0.1, -0.05) is 13.8 Å². The number of carbonyl (C=O) groups excluding carboxylic acids is 1. The molecule has 2 aromatic carbocycles. The first-order chi connectivity index (χ1) is 15.9. The summed E-state index contributed by atoms with van der Waals surface area (Å²) in [4.78, 5) is 14.4. The van der Waals surface area contributed by atoms with E-state index in [1.165, 1.54) is 5.56 Å². The quantitative estimate of drug-likeness (QED) is 0.369. The highest BCUT2D eigenvalue weighted by atomic mass is 16.5. The van der Waals surface area contributed by atoms with Crippen LogP contribution in [0, 0.1) is 0 Å². The third-order valence-electron chi connectivity index (χ3n) is 5.99. The summed E-state index contributed by atoms with van der Waals surface area (Å²) in [5, 5.41) is 0. The largest absolute Gasteiger partial charge is 0.497 e. The third kappa shape index (κ3) is 7.39. The summed E-state index contributed by atoms with van der Waals surface area (Å²) in [5.74, 6) is 3.14. The number of benzene rings is 2. The second-order valence-electron chi connectivity index (χ2n) is 8.65. The Morgan fingerprint density at radius 1 is 0.848 bits per heavy atom. The van der Waals surface area contributed by atoms with Crippen LogP contribution in [0.3, 0.4) is 0 Å². The highest BCUT2D eigenvalue weighted by Crippen LogP contribution is 2.38. The number of carbonyl (C=O) groups is 1. The maximum absolute atomic E-state index is 12.1. The van der Waals surface area contributed by atoms with E-state index < -0.39 is 0 Å². The average Bonchev–Trinajstić information content (AvgIpc) is 2.83. The molecule has 6 nitrogen and oxygen atoms in total. The lowest BCUT2D eigenvalue weighted by Crippen LogP contribution is -2.23. The van der Waals surface area contributed by atoms with E-state index in [4.69, 9.17) is 18.9 Å². The molecule has 0 saturated heterocycles. The predicted molar refractivity (Wildman–Crippen MR) is 132 cm³/mol. The second-order valence-corrected chi connectivity index (χ2v) is 8.65. The van der Waals surface area contributed by atoms with Gasteiger partial charge < -0.3 is 28.6 Å². The van der Waals surface area contributed by atoms with Crippen molar-refractivity contribution in [2.45, 2.75) is 44.9 Å². The number of rotatable bonds is 14. The molecule has 0 heterocycles. The van der Waals surface area contributed by atoms with Crippen molar-refractivity contribution in [3.63, 3.8) is 0 Å². The van der Waals surface area contributed by atoms with Crippen LogP contribution in [0.1, 0.15) is 55.2 Å². The molecule has 0 aliphatic carbocycles. The van der Waals surface area contributed by atoms with Crippen LogP contribution in [0.25, 0.3) is 0 Å². The Morgan fingerprint density at radius 3 is 1.97 bits per heavy atom. The molecule has 0 aliphatic rings. The van der Waals surface area contributed by atoms with E-state index in [2.05, 4.69) is 25.8 Å². The van der Waals surface area contributed by atoms with Crippen LogP contribution in [-0.2, 0) is 11.2 Å². The SMILES string of the molecule is COc1cc(CCN(C)CCCC(C=O)c2cc(OC)cc(OC)c2C(C)C)cc(OC)c1. The number of likely N-dealkylation sites (N-methyl/N-ethyl adjacent to an activating group) is 1. The smallest absolute Gasteiger partial charge is 0.127 e. The Labute approximate surface area is 198 Å². The fourth-order valence-electron chi connectivity index (χ4n) is 4.15. The van der Waals surface area contributed by atoms with E-state index in [0.717, 1.165) is 67.0 Å². The summed E-state index contributed by atoms with van der Waals surface area (Å²) in [6.07, 6.45) is 3.64. The number of ether oxygens (including phenoxy) is 4. The van der Waals surface area contributed by atoms with Gasteiger partial charge in [-0.2, -0.15) is 0 Å². The van der Waals surface area contributed by atoms with Gasteiger partial charge in [0.15, 0.2) is 0 Å². The van der Waals surface area contributed by atoms with Gasteiger partial charge in [0.25, 0.3) is 0 Å². The highest BCUT2D eigenvalue weighted by molar-refractivity contribution is 5.66. The number of nitrogens with zero attached hydrogens (tertiary/aromatic N) is 1. The number of hydrogen-bond donors (Lipinski definition) is 0. The Kier molecular flexibility index (Phi) is 10.5. The maximum atomic E-state index is 12.1. The van der Waals surface area contributed by atoms with Gasteiger partial charge in [-0.15, -0.1) is 0 Å². The van der Waals surface area contributed by atoms with Crippen molar-refractivity contribution in [3.8, 4) is 23.0 Å². The molecule has 0 aliphatic heterocycles. The Hall–Kier alpha value is -2.73. The molecule has 0 N–H and O–H groups in total. The minimum atomic E-state index is -0.192. The van der Waals surface area contributed by atoms with Crippen LogP contribution in [0.4, 0.5) is 0 Å². The van der Waals surface area contributed by atoms with Gasteiger partial charge in [-0.3, -0.25) is 0 Å². The van der Waals surface area contributed by atoms with Crippen molar-refractivity contribution >= 4 is 6.29 Å². The van der Waals surface area contributed by atoms with Gasteiger partial charge in [0.1, 0.15) is 29.3 Å². The predicted octanol–water partition coefficient (Wildman–Crippen LogP) is 5.08. The van der Waals surface area contributed by atoms with Crippen LogP contribution in [0.15, 0.2) is 30.3 Å². The zero-order valence-corrected chi connectivity index (χ0v) is 21.1. The minimum absolute atomic E-state index is 0.192. The first kappa shape index (κ1) is 26.5. The van der Waals surface area contributed by atoms with Gasteiger partial charge >= 0.3 is 0 Å². The average molecular weight is 458 g/mol. The third-order valence-corrected chi connectivity index (χ3v) is 5.99. The van der Waals surface area contributed by atoms with Crippen LogP contribution in [-0.4, -0.2) is 59.8 Å². The molecular formula is C27H39NO5. The van der Waals surface area contributed by atoms with Gasteiger partial charge in [0.2, 0.25) is 0 Å². The summed E-state index contributed by atoms with van der Waals surface area (Å²) < 4.78 is 21.8. The number of aldehydes is 1. The molecule has 0 radical (unpaired) electrons. The lowest BCUT2D eigenvalue weighted by atomic mass is 9.86. The molecule has 0 bridgehead atoms. The summed E-state index contributed by atoms with van der Waals surface area (Å²) in [6.45, 7) is 6.06. The van der Waals surface area contributed by atoms with Crippen LogP contribution in [0.2, 0.25) is 0 Å². The fraction of sp³-hybridized carbons (Fsp3) is 0.519. The topological polar surface area (TPSA) is 57.2 Å². The zero-order chi connectivity index (χ0) is 24.4. The minimum Gasteiger partial charge on any atom is -0.497 e. The molecular weight excluding hydrogens is 418 g/mol. The Morgan fingerprint density at radius 2 is 1.45 bits per heavy atom. The van der Waals surface area contributed by atoms with Crippen molar-refractivity contribution in [3.05, 3.63) is 47.0 Å². The molecule has 182 valence electrons. The standard InChI is InChI=1S/C27H39NO5/c1-19(2)27-25(16-24(32-6)17-26(27)33-7)21(18-29)9-8-11-28(3)12-10-20-13-22(30-4)15-23(14-20)31-5/h13-19,21H,8-12H2,1-7H3. The summed E-state index contributed by atoms with van der Waals surface area (Å²) >= 11 is 0. The Bertz CT molecular complexity index is 874. The molecule has 2 rings (SSSR count). The van der Waals surface area contributed by atoms with Crippen LogP contribution < -0.4 is 18.9 Å². The van der Waals surface area contributed by atoms with E-state index in [-0.39, 0.29) is 11.8 Å². The van der Waals surface area contributed by atoms with Crippen molar-refractivity contribution < 1.29 is 23.7 Å². The monoisotopic (exact) mass is 457 g/mol. The van der Waals surface area contributed by atoms with Crippen molar-refractivity contribution in [2.24, 2.45) is 0 Å². The highest BCUT2D eigenvalue weighted by Gasteiger charge is 2.22. The molecule has 0 fully saturated rings. The van der Waals surface area contributed by atoms with Gasteiger partial charge in [0.05, 0.1) is 28.4 Å². The van der Waals surface area contributed by atoms with E-state index in [0.29, 0.717) is 5.75 Å². The molecule has 0 spiro atoms. The van der Waals surface area contributed by atoms with Crippen molar-refractivity contribution in [1.29, 1.82) is 0 Å². The lowest BCUT2D eigenvalue weighted by Gasteiger charge is -2.23. The van der Waals surface area contributed by atoms with E-state index >= 15 is 0 Å². The normalized spacial score (nSPS) is 12.0. The van der Waals surface area contributed by atoms with Crippen LogP contribution in [0.5, 0.6) is 23.0 Å². The lowest BCUT2D eigenvalue weighted by molar-refractivity contribution is -0.109. The summed E-state index contributed by atoms with van der Waals surface area (Å²) in [6, 6.07) is 9.84. The summed E-state index contributed by atoms with van der Waals surface area (Å²) in [7, 11) is 8.73. The second kappa shape index (κ2) is 13.1. The molecule has 6 heteroatoms. The van der Waals surface area contributed by atoms with E-state index in [9.17, 15) is 4.79 Å². The van der Waals surface area contributed by atoms with Gasteiger partial charge in [-0.25, -0.2) is 0 Å². The number of hydrogen-bond acceptors (Lipinski definition) is 6. The Balaban J connectivity index is 2.01.